The van der Waals surface area contributed by atoms with Gasteiger partial charge in [-0.2, -0.15) is 0 Å². The van der Waals surface area contributed by atoms with Crippen LogP contribution < -0.4 is 0 Å². The molecule has 0 aromatic rings. The zero-order valence-electron chi connectivity index (χ0n) is 15.4. The number of aliphatic carboxylic acids is 1. The number of aliphatic hydroxyl groups is 2. The maximum Gasteiger partial charge on any atom is 0.303 e. The van der Waals surface area contributed by atoms with Gasteiger partial charge in [-0.15, -0.1) is 0 Å². The Balaban J connectivity index is 2.39. The van der Waals surface area contributed by atoms with Crippen LogP contribution in [0.4, 0.5) is 0 Å². The average Bonchev–Trinajstić information content (AvgIpc) is 2.82. The molecule has 0 saturated heterocycles. The van der Waals surface area contributed by atoms with Crippen LogP contribution in [0.1, 0.15) is 77.6 Å². The lowest BCUT2D eigenvalue weighted by Gasteiger charge is -2.18. The number of ketones is 1. The molecule has 0 unspecified atom stereocenters. The second-order valence-electron chi connectivity index (χ2n) is 7.22. The minimum atomic E-state index is -0.767. The third-order valence-electron chi connectivity index (χ3n) is 5.05. The molecule has 0 bridgehead atoms. The number of carbonyl (C=O) groups is 2. The fraction of sp³-hybridized carbons (Fsp3) is 0.800. The lowest BCUT2D eigenvalue weighted by atomic mass is 9.88. The SMILES string of the molecule is CCCCC[C@@H](O)/C=C/[C@@H]1[C@H](O)CC(=O)[C@H]1CCCCCCC(=O)O. The number of hydrogen-bond acceptors (Lipinski definition) is 4. The number of Topliss-reactive ketones (excluding diaryl/α,β-unsaturated/α-hetero) is 1. The summed E-state index contributed by atoms with van der Waals surface area (Å²) in [5, 5.41) is 28.7. The molecule has 0 radical (unpaired) electrons. The Morgan fingerprint density at radius 3 is 2.60 bits per heavy atom. The summed E-state index contributed by atoms with van der Waals surface area (Å²) >= 11 is 0. The highest BCUT2D eigenvalue weighted by atomic mass is 16.4. The summed E-state index contributed by atoms with van der Waals surface area (Å²) in [5.74, 6) is -1.04. The molecule has 1 aliphatic rings. The molecule has 0 heterocycles. The van der Waals surface area contributed by atoms with Crippen LogP contribution in [0.15, 0.2) is 12.2 Å². The Labute approximate surface area is 151 Å². The molecular formula is C20H34O5. The van der Waals surface area contributed by atoms with Gasteiger partial charge >= 0.3 is 5.97 Å². The van der Waals surface area contributed by atoms with E-state index in [0.29, 0.717) is 6.42 Å². The molecule has 4 atom stereocenters. The number of carboxylic acid groups (broad SMARTS) is 1. The molecule has 0 amide bonds. The van der Waals surface area contributed by atoms with Crippen molar-refractivity contribution >= 4 is 11.8 Å². The molecule has 1 saturated carbocycles. The van der Waals surface area contributed by atoms with Crippen molar-refractivity contribution < 1.29 is 24.9 Å². The van der Waals surface area contributed by atoms with Gasteiger partial charge in [0, 0.05) is 24.7 Å². The highest BCUT2D eigenvalue weighted by Gasteiger charge is 2.39. The van der Waals surface area contributed by atoms with Crippen LogP contribution in [0.3, 0.4) is 0 Å². The van der Waals surface area contributed by atoms with E-state index in [-0.39, 0.29) is 30.5 Å². The lowest BCUT2D eigenvalue weighted by molar-refractivity contribution is -0.137. The van der Waals surface area contributed by atoms with Crippen LogP contribution in [0.25, 0.3) is 0 Å². The quantitative estimate of drug-likeness (QED) is 0.348. The number of aliphatic hydroxyl groups excluding tert-OH is 2. The van der Waals surface area contributed by atoms with Crippen LogP contribution in [0.2, 0.25) is 0 Å². The van der Waals surface area contributed by atoms with Crippen molar-refractivity contribution in [3.8, 4) is 0 Å². The number of carboxylic acids is 1. The first-order valence-corrected chi connectivity index (χ1v) is 9.74. The molecule has 144 valence electrons. The Morgan fingerprint density at radius 2 is 1.92 bits per heavy atom. The van der Waals surface area contributed by atoms with Crippen molar-refractivity contribution in [2.75, 3.05) is 0 Å². The number of unbranched alkanes of at least 4 members (excludes halogenated alkanes) is 5. The van der Waals surface area contributed by atoms with Crippen molar-refractivity contribution in [1.29, 1.82) is 0 Å². The molecule has 0 aliphatic heterocycles. The fourth-order valence-electron chi connectivity index (χ4n) is 3.54. The molecule has 1 rings (SSSR count). The first-order valence-electron chi connectivity index (χ1n) is 9.74. The minimum absolute atomic E-state index is 0.105. The van der Waals surface area contributed by atoms with E-state index in [9.17, 15) is 19.8 Å². The summed E-state index contributed by atoms with van der Waals surface area (Å²) in [6.07, 6.45) is 10.7. The maximum absolute atomic E-state index is 12.1. The van der Waals surface area contributed by atoms with Crippen molar-refractivity contribution in [3.63, 3.8) is 0 Å². The number of carbonyl (C=O) groups excluding carboxylic acids is 1. The van der Waals surface area contributed by atoms with E-state index in [4.69, 9.17) is 5.11 Å². The van der Waals surface area contributed by atoms with E-state index in [0.717, 1.165) is 51.4 Å². The molecule has 0 spiro atoms. The Bertz CT molecular complexity index is 432. The van der Waals surface area contributed by atoms with Crippen LogP contribution in [0, 0.1) is 11.8 Å². The van der Waals surface area contributed by atoms with Crippen LogP contribution in [0.5, 0.6) is 0 Å². The van der Waals surface area contributed by atoms with Gasteiger partial charge in [0.2, 0.25) is 0 Å². The van der Waals surface area contributed by atoms with Gasteiger partial charge in [0.05, 0.1) is 12.2 Å². The summed E-state index contributed by atoms with van der Waals surface area (Å²) in [7, 11) is 0. The fourth-order valence-corrected chi connectivity index (χ4v) is 3.54. The molecule has 3 N–H and O–H groups in total. The topological polar surface area (TPSA) is 94.8 Å². The molecule has 0 aromatic carbocycles. The molecule has 25 heavy (non-hydrogen) atoms. The zero-order valence-corrected chi connectivity index (χ0v) is 15.4. The molecule has 1 fully saturated rings. The van der Waals surface area contributed by atoms with Crippen LogP contribution >= 0.6 is 0 Å². The summed E-state index contributed by atoms with van der Waals surface area (Å²) < 4.78 is 0. The van der Waals surface area contributed by atoms with Gasteiger partial charge in [0.25, 0.3) is 0 Å². The van der Waals surface area contributed by atoms with E-state index in [2.05, 4.69) is 6.92 Å². The predicted octanol–water partition coefficient (Wildman–Crippen LogP) is 3.48. The molecular weight excluding hydrogens is 320 g/mol. The number of rotatable bonds is 13. The number of hydrogen-bond donors (Lipinski definition) is 3. The summed E-state index contributed by atoms with van der Waals surface area (Å²) in [6, 6.07) is 0. The van der Waals surface area contributed by atoms with Gasteiger partial charge in [0.15, 0.2) is 0 Å². The van der Waals surface area contributed by atoms with Crippen molar-refractivity contribution in [1.82, 2.24) is 0 Å². The average molecular weight is 354 g/mol. The van der Waals surface area contributed by atoms with E-state index in [1.807, 2.05) is 6.08 Å². The first kappa shape index (κ1) is 21.8. The maximum atomic E-state index is 12.1. The largest absolute Gasteiger partial charge is 0.481 e. The minimum Gasteiger partial charge on any atom is -0.481 e. The monoisotopic (exact) mass is 354 g/mol. The van der Waals surface area contributed by atoms with E-state index in [1.165, 1.54) is 0 Å². The lowest BCUT2D eigenvalue weighted by Crippen LogP contribution is -2.19. The van der Waals surface area contributed by atoms with Crippen molar-refractivity contribution in [2.24, 2.45) is 11.8 Å². The summed E-state index contributed by atoms with van der Waals surface area (Å²) in [5.41, 5.74) is 0. The smallest absolute Gasteiger partial charge is 0.303 e. The third-order valence-corrected chi connectivity index (χ3v) is 5.05. The van der Waals surface area contributed by atoms with Gasteiger partial charge < -0.3 is 15.3 Å². The highest BCUT2D eigenvalue weighted by Crippen LogP contribution is 2.34. The van der Waals surface area contributed by atoms with Gasteiger partial charge in [-0.05, 0) is 19.3 Å². The highest BCUT2D eigenvalue weighted by molar-refractivity contribution is 5.84. The van der Waals surface area contributed by atoms with Gasteiger partial charge in [-0.3, -0.25) is 9.59 Å². The van der Waals surface area contributed by atoms with E-state index >= 15 is 0 Å². The summed E-state index contributed by atoms with van der Waals surface area (Å²) in [4.78, 5) is 22.6. The Kier molecular flexibility index (Phi) is 10.7. The second kappa shape index (κ2) is 12.2. The van der Waals surface area contributed by atoms with Gasteiger partial charge in [-0.1, -0.05) is 57.6 Å². The molecule has 1 aliphatic carbocycles. The van der Waals surface area contributed by atoms with Crippen molar-refractivity contribution in [2.45, 2.75) is 89.8 Å². The van der Waals surface area contributed by atoms with Gasteiger partial charge in [0.1, 0.15) is 5.78 Å². The molecule has 5 heteroatoms. The second-order valence-corrected chi connectivity index (χ2v) is 7.22. The first-order chi connectivity index (χ1) is 12.0. The third kappa shape index (κ3) is 8.63. The predicted molar refractivity (Wildman–Crippen MR) is 97.2 cm³/mol. The van der Waals surface area contributed by atoms with E-state index < -0.39 is 18.2 Å². The normalized spacial score (nSPS) is 24.9. The van der Waals surface area contributed by atoms with E-state index in [1.54, 1.807) is 6.08 Å². The standard InChI is InChI=1S/C20H34O5/c1-2-3-6-9-15(21)12-13-17-16(18(22)14-19(17)23)10-7-4-5-8-11-20(24)25/h12-13,15-17,19,21,23H,2-11,14H2,1H3,(H,24,25)/b13-12+/t15-,16+,17+,19-/m1/s1. The summed E-state index contributed by atoms with van der Waals surface area (Å²) in [6.45, 7) is 2.12. The zero-order chi connectivity index (χ0) is 18.7. The van der Waals surface area contributed by atoms with Gasteiger partial charge in [-0.25, -0.2) is 0 Å². The molecule has 5 nitrogen and oxygen atoms in total. The molecule has 0 aromatic heterocycles. The van der Waals surface area contributed by atoms with Crippen LogP contribution in [-0.2, 0) is 9.59 Å². The van der Waals surface area contributed by atoms with Crippen LogP contribution in [-0.4, -0.2) is 39.3 Å². The Hall–Kier alpha value is -1.20. The van der Waals surface area contributed by atoms with Crippen molar-refractivity contribution in [3.05, 3.63) is 12.2 Å². The Morgan fingerprint density at radius 1 is 1.20 bits per heavy atom.